The van der Waals surface area contributed by atoms with Gasteiger partial charge in [-0.15, -0.1) is 0 Å². The van der Waals surface area contributed by atoms with Crippen LogP contribution in [0.5, 0.6) is 0 Å². The van der Waals surface area contributed by atoms with Crippen molar-refractivity contribution in [1.82, 2.24) is 0 Å². The van der Waals surface area contributed by atoms with Crippen LogP contribution in [0.2, 0.25) is 0 Å². The standard InChI is InChI=1S/C47H38P2/c1-2-10-32-18-22-36-28-48(29-37-23-19-33-11-4-7-15-41(33)45(37)44(36)40(32)14-3-1)26-27-49-30-38-24-20-34-12-5-8-16-42(34)46(38)47-39(31-49)25-21-35-13-6-9-17-43(35)47/h1,3-25H,2,26-31H2. The lowest BCUT2D eigenvalue weighted by Crippen LogP contribution is -2.27. The van der Waals surface area contributed by atoms with Gasteiger partial charge in [-0.2, -0.15) is 0 Å². The summed E-state index contributed by atoms with van der Waals surface area (Å²) >= 11 is 0. The van der Waals surface area contributed by atoms with Crippen molar-refractivity contribution in [2.75, 3.05) is 12.3 Å². The van der Waals surface area contributed by atoms with Crippen LogP contribution in [0.1, 0.15) is 28.7 Å². The molecule has 10 rings (SSSR count). The maximum atomic E-state index is 2.48. The molecule has 49 heavy (non-hydrogen) atoms. The van der Waals surface area contributed by atoms with Gasteiger partial charge in [-0.1, -0.05) is 161 Å². The lowest BCUT2D eigenvalue weighted by Gasteiger charge is -2.22. The molecule has 2 heteroatoms. The molecular weight excluding hydrogens is 626 g/mol. The molecule has 3 aliphatic rings. The van der Waals surface area contributed by atoms with Gasteiger partial charge in [0.15, 0.2) is 0 Å². The van der Waals surface area contributed by atoms with E-state index in [1.807, 2.05) is 0 Å². The predicted molar refractivity (Wildman–Crippen MR) is 217 cm³/mol. The Labute approximate surface area is 291 Å². The summed E-state index contributed by atoms with van der Waals surface area (Å²) in [5, 5.41) is 11.1. The molecule has 0 saturated heterocycles. The van der Waals surface area contributed by atoms with Gasteiger partial charge < -0.3 is 0 Å². The molecule has 0 nitrogen and oxygen atoms in total. The van der Waals surface area contributed by atoms with Gasteiger partial charge >= 0.3 is 0 Å². The van der Waals surface area contributed by atoms with Gasteiger partial charge in [0, 0.05) is 0 Å². The van der Waals surface area contributed by atoms with Gasteiger partial charge in [-0.25, -0.2) is 0 Å². The SMILES string of the molecule is C1=CCC=c2ccc3c(c2=C1)-c1c(ccc2ccccc12)CP(CCP1Cc2ccc4ccccc4c2-c2c(ccc4ccccc24)C1)C3. The first kappa shape index (κ1) is 29.6. The number of hydrogen-bond donors (Lipinski definition) is 0. The van der Waals surface area contributed by atoms with Gasteiger partial charge in [-0.3, -0.25) is 0 Å². The van der Waals surface area contributed by atoms with Crippen molar-refractivity contribution in [2.45, 2.75) is 31.1 Å². The first-order chi connectivity index (χ1) is 24.3. The van der Waals surface area contributed by atoms with Crippen LogP contribution >= 0.6 is 15.8 Å². The summed E-state index contributed by atoms with van der Waals surface area (Å²) in [4.78, 5) is 0. The minimum atomic E-state index is -0.197. The monoisotopic (exact) mass is 664 g/mol. The Morgan fingerprint density at radius 1 is 0.429 bits per heavy atom. The molecule has 1 atom stereocenters. The minimum absolute atomic E-state index is 0.194. The largest absolute Gasteiger partial charge is 0.0973 e. The van der Waals surface area contributed by atoms with E-state index < -0.39 is 0 Å². The van der Waals surface area contributed by atoms with Crippen molar-refractivity contribution in [3.8, 4) is 22.3 Å². The molecule has 0 N–H and O–H groups in total. The summed E-state index contributed by atoms with van der Waals surface area (Å²) in [6.45, 7) is 0. The molecule has 1 unspecified atom stereocenters. The average molecular weight is 665 g/mol. The highest BCUT2D eigenvalue weighted by molar-refractivity contribution is 7.60. The lowest BCUT2D eigenvalue weighted by atomic mass is 9.88. The molecule has 0 aromatic heterocycles. The van der Waals surface area contributed by atoms with Crippen LogP contribution in [0.15, 0.2) is 133 Å². The van der Waals surface area contributed by atoms with Crippen molar-refractivity contribution in [2.24, 2.45) is 0 Å². The molecule has 7 aromatic carbocycles. The number of rotatable bonds is 3. The highest BCUT2D eigenvalue weighted by Crippen LogP contribution is 2.57. The summed E-state index contributed by atoms with van der Waals surface area (Å²) < 4.78 is 0. The zero-order valence-electron chi connectivity index (χ0n) is 27.7. The average Bonchev–Trinajstić information content (AvgIpc) is 3.56. The zero-order chi connectivity index (χ0) is 32.3. The molecule has 2 heterocycles. The molecule has 7 aromatic rings. The van der Waals surface area contributed by atoms with E-state index in [0.29, 0.717) is 0 Å². The first-order valence-corrected chi connectivity index (χ1v) is 21.5. The van der Waals surface area contributed by atoms with Crippen molar-refractivity contribution >= 4 is 60.3 Å². The molecule has 236 valence electrons. The minimum Gasteiger partial charge on any atom is -0.0973 e. The Balaban J connectivity index is 1.05. The summed E-state index contributed by atoms with van der Waals surface area (Å²) in [5.41, 5.74) is 12.2. The fourth-order valence-electron chi connectivity index (χ4n) is 8.81. The number of hydrogen-bond acceptors (Lipinski definition) is 0. The van der Waals surface area contributed by atoms with E-state index in [1.165, 1.54) is 102 Å². The Hall–Kier alpha value is -4.34. The quantitative estimate of drug-likeness (QED) is 0.165. The number of allylic oxidation sites excluding steroid dienone is 2. The van der Waals surface area contributed by atoms with Crippen molar-refractivity contribution in [3.63, 3.8) is 0 Å². The second-order valence-electron chi connectivity index (χ2n) is 14.0. The normalized spacial score (nSPS) is 16.7. The van der Waals surface area contributed by atoms with Crippen LogP contribution in [0.3, 0.4) is 0 Å². The van der Waals surface area contributed by atoms with E-state index >= 15 is 0 Å². The molecule has 0 amide bonds. The topological polar surface area (TPSA) is 0 Å². The predicted octanol–water partition coefficient (Wildman–Crippen LogP) is 11.7. The van der Waals surface area contributed by atoms with Crippen LogP contribution in [0.4, 0.5) is 0 Å². The van der Waals surface area contributed by atoms with E-state index in [4.69, 9.17) is 0 Å². The van der Waals surface area contributed by atoms with E-state index in [2.05, 4.69) is 146 Å². The molecule has 0 saturated carbocycles. The van der Waals surface area contributed by atoms with E-state index in [-0.39, 0.29) is 15.8 Å². The molecular formula is C47H38P2. The van der Waals surface area contributed by atoms with E-state index in [9.17, 15) is 0 Å². The maximum absolute atomic E-state index is 2.48. The van der Waals surface area contributed by atoms with Gasteiger partial charge in [0.2, 0.25) is 0 Å². The summed E-state index contributed by atoms with van der Waals surface area (Å²) in [6.07, 6.45) is 17.9. The summed E-state index contributed by atoms with van der Waals surface area (Å²) in [7, 11) is -0.392. The van der Waals surface area contributed by atoms with Gasteiger partial charge in [0.25, 0.3) is 0 Å². The Kier molecular flexibility index (Phi) is 7.37. The molecule has 1 aliphatic carbocycles. The Morgan fingerprint density at radius 2 is 0.857 bits per heavy atom. The zero-order valence-corrected chi connectivity index (χ0v) is 29.5. The van der Waals surface area contributed by atoms with Crippen molar-refractivity contribution in [3.05, 3.63) is 166 Å². The second kappa shape index (κ2) is 12.2. The highest BCUT2D eigenvalue weighted by Gasteiger charge is 2.27. The highest BCUT2D eigenvalue weighted by atomic mass is 31.1. The third-order valence-electron chi connectivity index (χ3n) is 11.1. The fraction of sp³-hybridized carbons (Fsp3) is 0.149. The molecule has 0 radical (unpaired) electrons. The van der Waals surface area contributed by atoms with E-state index in [1.54, 1.807) is 22.3 Å². The van der Waals surface area contributed by atoms with Crippen LogP contribution in [0, 0.1) is 0 Å². The molecule has 0 fully saturated rings. The lowest BCUT2D eigenvalue weighted by molar-refractivity contribution is 1.29. The van der Waals surface area contributed by atoms with Crippen molar-refractivity contribution < 1.29 is 0 Å². The van der Waals surface area contributed by atoms with Crippen LogP contribution in [0.25, 0.3) is 66.7 Å². The van der Waals surface area contributed by atoms with Gasteiger partial charge in [0.05, 0.1) is 0 Å². The van der Waals surface area contributed by atoms with Gasteiger partial charge in [-0.05, 0) is 131 Å². The first-order valence-electron chi connectivity index (χ1n) is 17.7. The summed E-state index contributed by atoms with van der Waals surface area (Å²) in [6, 6.07) is 46.5. The Bertz CT molecular complexity index is 2520. The maximum Gasteiger partial charge on any atom is -0.00606 e. The number of fused-ring (bicyclic) bond motifs is 14. The van der Waals surface area contributed by atoms with Crippen LogP contribution in [-0.4, -0.2) is 12.3 Å². The molecule has 2 aliphatic heterocycles. The smallest absolute Gasteiger partial charge is 0.00606 e. The fourth-order valence-corrected chi connectivity index (χ4v) is 14.9. The van der Waals surface area contributed by atoms with E-state index in [0.717, 1.165) is 6.42 Å². The van der Waals surface area contributed by atoms with Crippen molar-refractivity contribution in [1.29, 1.82) is 0 Å². The third-order valence-corrected chi connectivity index (χ3v) is 16.3. The summed E-state index contributed by atoms with van der Waals surface area (Å²) in [5.74, 6) is 0. The molecule has 0 bridgehead atoms. The third kappa shape index (κ3) is 5.12. The number of benzene rings is 7. The van der Waals surface area contributed by atoms with Crippen LogP contribution < -0.4 is 10.4 Å². The van der Waals surface area contributed by atoms with Gasteiger partial charge in [0.1, 0.15) is 0 Å². The Morgan fingerprint density at radius 3 is 1.37 bits per heavy atom. The van der Waals surface area contributed by atoms with Crippen LogP contribution in [-0.2, 0) is 24.6 Å². The second-order valence-corrected chi connectivity index (χ2v) is 18.9. The molecule has 0 spiro atoms.